The molecule has 2 heterocycles. The Morgan fingerprint density at radius 2 is 2.35 bits per heavy atom. The molecule has 0 aliphatic rings. The van der Waals surface area contributed by atoms with Gasteiger partial charge < -0.3 is 10.4 Å². The summed E-state index contributed by atoms with van der Waals surface area (Å²) in [5, 5.41) is 14.3. The number of hydrogen-bond donors (Lipinski definition) is 2. The van der Waals surface area contributed by atoms with Crippen LogP contribution in [0.2, 0.25) is 0 Å². The molecule has 7 heteroatoms. The third-order valence-electron chi connectivity index (χ3n) is 2.64. The van der Waals surface area contributed by atoms with Gasteiger partial charge in [-0.1, -0.05) is 6.92 Å². The zero-order chi connectivity index (χ0) is 14.4. The summed E-state index contributed by atoms with van der Waals surface area (Å²) in [6.07, 6.45) is 5.09. The van der Waals surface area contributed by atoms with Crippen molar-refractivity contribution >= 4 is 17.2 Å². The maximum atomic E-state index is 11.7. The van der Waals surface area contributed by atoms with Crippen molar-refractivity contribution in [2.24, 2.45) is 5.92 Å². The smallest absolute Gasteiger partial charge is 0.226 e. The Hall–Kier alpha value is -1.86. The fourth-order valence-electron chi connectivity index (χ4n) is 1.49. The molecule has 2 rings (SSSR count). The van der Waals surface area contributed by atoms with Crippen LogP contribution in [-0.4, -0.2) is 39.1 Å². The molecule has 106 valence electrons. The molecule has 0 spiro atoms. The van der Waals surface area contributed by atoms with Gasteiger partial charge >= 0.3 is 0 Å². The lowest BCUT2D eigenvalue weighted by Crippen LogP contribution is -2.30. The van der Waals surface area contributed by atoms with E-state index in [9.17, 15) is 4.79 Å². The molecule has 0 aliphatic carbocycles. The molecule has 1 unspecified atom stereocenters. The van der Waals surface area contributed by atoms with Crippen molar-refractivity contribution in [3.63, 3.8) is 0 Å². The van der Waals surface area contributed by atoms with Gasteiger partial charge in [-0.15, -0.1) is 11.3 Å². The highest BCUT2D eigenvalue weighted by molar-refractivity contribution is 7.13. The molecule has 0 bridgehead atoms. The number of nitrogens with zero attached hydrogens (tertiary/aromatic N) is 3. The highest BCUT2D eigenvalue weighted by Gasteiger charge is 2.10. The molecule has 2 N–H and O–H groups in total. The molecule has 0 saturated carbocycles. The van der Waals surface area contributed by atoms with E-state index >= 15 is 0 Å². The van der Waals surface area contributed by atoms with Crippen molar-refractivity contribution < 1.29 is 9.90 Å². The number of thiazole rings is 1. The third kappa shape index (κ3) is 4.07. The SMILES string of the molecule is CC(CO)CNC(=O)Cc1csc(-c2cnccn2)n1. The van der Waals surface area contributed by atoms with Gasteiger partial charge in [-0.05, 0) is 5.92 Å². The molecule has 0 radical (unpaired) electrons. The summed E-state index contributed by atoms with van der Waals surface area (Å²) in [4.78, 5) is 24.3. The first kappa shape index (κ1) is 14.5. The zero-order valence-corrected chi connectivity index (χ0v) is 11.9. The van der Waals surface area contributed by atoms with E-state index in [-0.39, 0.29) is 24.9 Å². The number of carbonyl (C=O) groups is 1. The highest BCUT2D eigenvalue weighted by atomic mass is 32.1. The molecule has 2 aromatic heterocycles. The van der Waals surface area contributed by atoms with Crippen LogP contribution in [0.25, 0.3) is 10.7 Å². The quantitative estimate of drug-likeness (QED) is 0.825. The van der Waals surface area contributed by atoms with Gasteiger partial charge in [0.25, 0.3) is 0 Å². The molecule has 0 saturated heterocycles. The van der Waals surface area contributed by atoms with Crippen molar-refractivity contribution in [1.29, 1.82) is 0 Å². The van der Waals surface area contributed by atoms with Gasteiger partial charge in [0.2, 0.25) is 5.91 Å². The summed E-state index contributed by atoms with van der Waals surface area (Å²) in [5.41, 5.74) is 1.42. The molecular formula is C13H16N4O2S. The standard InChI is InChI=1S/C13H16N4O2S/c1-9(7-18)5-16-12(19)4-10-8-20-13(17-10)11-6-14-2-3-15-11/h2-3,6,8-9,18H,4-5,7H2,1H3,(H,16,19). The fourth-order valence-corrected chi connectivity index (χ4v) is 2.27. The maximum absolute atomic E-state index is 11.7. The van der Waals surface area contributed by atoms with Crippen LogP contribution in [0.15, 0.2) is 24.0 Å². The third-order valence-corrected chi connectivity index (χ3v) is 3.55. The second-order valence-electron chi connectivity index (χ2n) is 4.50. The molecule has 1 atom stereocenters. The van der Waals surface area contributed by atoms with Crippen molar-refractivity contribution in [3.05, 3.63) is 29.7 Å². The van der Waals surface area contributed by atoms with Crippen molar-refractivity contribution in [2.75, 3.05) is 13.2 Å². The van der Waals surface area contributed by atoms with Crippen molar-refractivity contribution in [1.82, 2.24) is 20.3 Å². The van der Waals surface area contributed by atoms with Crippen molar-refractivity contribution in [3.8, 4) is 10.7 Å². The lowest BCUT2D eigenvalue weighted by atomic mass is 10.2. The Bertz CT molecular complexity index is 559. The number of rotatable bonds is 6. The highest BCUT2D eigenvalue weighted by Crippen LogP contribution is 2.20. The maximum Gasteiger partial charge on any atom is 0.226 e. The molecule has 6 nitrogen and oxygen atoms in total. The van der Waals surface area contributed by atoms with E-state index in [0.717, 1.165) is 5.01 Å². The zero-order valence-electron chi connectivity index (χ0n) is 11.1. The average molecular weight is 292 g/mol. The molecule has 20 heavy (non-hydrogen) atoms. The van der Waals surface area contributed by atoms with Crippen molar-refractivity contribution in [2.45, 2.75) is 13.3 Å². The van der Waals surface area contributed by atoms with Gasteiger partial charge in [0.15, 0.2) is 0 Å². The fraction of sp³-hybridized carbons (Fsp3) is 0.385. The summed E-state index contributed by atoms with van der Waals surface area (Å²) in [6.45, 7) is 2.40. The van der Waals surface area contributed by atoms with E-state index in [0.29, 0.717) is 17.9 Å². The Kier molecular flexibility index (Phi) is 5.14. The van der Waals surface area contributed by atoms with Gasteiger partial charge in [0.05, 0.1) is 18.3 Å². The van der Waals surface area contributed by atoms with E-state index in [1.54, 1.807) is 18.6 Å². The minimum atomic E-state index is -0.0960. The Balaban J connectivity index is 1.91. The number of aromatic nitrogens is 3. The summed E-state index contributed by atoms with van der Waals surface area (Å²) in [6, 6.07) is 0. The van der Waals surface area contributed by atoms with Crippen LogP contribution in [0.4, 0.5) is 0 Å². The molecule has 0 aromatic carbocycles. The summed E-state index contributed by atoms with van der Waals surface area (Å²) in [5.74, 6) is -0.0363. The number of amides is 1. The predicted octanol–water partition coefficient (Wildman–Crippen LogP) is 0.887. The van der Waals surface area contributed by atoms with Gasteiger partial charge in [0, 0.05) is 30.9 Å². The monoisotopic (exact) mass is 292 g/mol. The van der Waals surface area contributed by atoms with Gasteiger partial charge in [0.1, 0.15) is 10.7 Å². The van der Waals surface area contributed by atoms with Gasteiger partial charge in [-0.25, -0.2) is 4.98 Å². The topological polar surface area (TPSA) is 88.0 Å². The Morgan fingerprint density at radius 1 is 1.50 bits per heavy atom. The van der Waals surface area contributed by atoms with Gasteiger partial charge in [-0.2, -0.15) is 0 Å². The number of carbonyl (C=O) groups excluding carboxylic acids is 1. The predicted molar refractivity (Wildman–Crippen MR) is 76.1 cm³/mol. The first-order chi connectivity index (χ1) is 9.69. The number of hydrogen-bond acceptors (Lipinski definition) is 6. The van der Waals surface area contributed by atoms with E-state index < -0.39 is 0 Å². The molecule has 2 aromatic rings. The lowest BCUT2D eigenvalue weighted by molar-refractivity contribution is -0.120. The number of aliphatic hydroxyl groups excluding tert-OH is 1. The van der Waals surface area contributed by atoms with Crippen LogP contribution in [0, 0.1) is 5.92 Å². The average Bonchev–Trinajstić information content (AvgIpc) is 2.94. The summed E-state index contributed by atoms with van der Waals surface area (Å²) in [7, 11) is 0. The van der Waals surface area contributed by atoms with Crippen LogP contribution in [0.1, 0.15) is 12.6 Å². The van der Waals surface area contributed by atoms with Crippen LogP contribution >= 0.6 is 11.3 Å². The first-order valence-electron chi connectivity index (χ1n) is 6.27. The number of aliphatic hydroxyl groups is 1. The van der Waals surface area contributed by atoms with Crippen LogP contribution in [0.3, 0.4) is 0 Å². The first-order valence-corrected chi connectivity index (χ1v) is 7.15. The summed E-state index contributed by atoms with van der Waals surface area (Å²) >= 11 is 1.44. The van der Waals surface area contributed by atoms with Crippen LogP contribution in [0.5, 0.6) is 0 Å². The second-order valence-corrected chi connectivity index (χ2v) is 5.36. The Labute approximate surface area is 120 Å². The van der Waals surface area contributed by atoms with Crippen LogP contribution < -0.4 is 5.32 Å². The van der Waals surface area contributed by atoms with Gasteiger partial charge in [-0.3, -0.25) is 14.8 Å². The largest absolute Gasteiger partial charge is 0.396 e. The molecular weight excluding hydrogens is 276 g/mol. The minimum absolute atomic E-state index is 0.0598. The second kappa shape index (κ2) is 7.06. The lowest BCUT2D eigenvalue weighted by Gasteiger charge is -2.08. The molecule has 0 aliphatic heterocycles. The molecule has 0 fully saturated rings. The van der Waals surface area contributed by atoms with Crippen LogP contribution in [-0.2, 0) is 11.2 Å². The Morgan fingerprint density at radius 3 is 3.05 bits per heavy atom. The number of nitrogens with one attached hydrogen (secondary N) is 1. The van der Waals surface area contributed by atoms with E-state index in [4.69, 9.17) is 5.11 Å². The molecule has 1 amide bonds. The van der Waals surface area contributed by atoms with E-state index in [1.807, 2.05) is 12.3 Å². The summed E-state index contributed by atoms with van der Waals surface area (Å²) < 4.78 is 0. The normalized spacial score (nSPS) is 12.1. The van der Waals surface area contributed by atoms with E-state index in [2.05, 4.69) is 20.3 Å². The minimum Gasteiger partial charge on any atom is -0.396 e. The van der Waals surface area contributed by atoms with E-state index in [1.165, 1.54) is 11.3 Å².